The van der Waals surface area contributed by atoms with Gasteiger partial charge in [0.15, 0.2) is 0 Å². The number of carbonyl (C=O) groups is 2. The summed E-state index contributed by atoms with van der Waals surface area (Å²) in [6.45, 7) is 1.28. The van der Waals surface area contributed by atoms with Gasteiger partial charge < -0.3 is 10.4 Å². The molecule has 2 N–H and O–H groups in total. The lowest BCUT2D eigenvalue weighted by Gasteiger charge is -2.13. The van der Waals surface area contributed by atoms with Gasteiger partial charge in [-0.2, -0.15) is 0 Å². The molecule has 17 heavy (non-hydrogen) atoms. The van der Waals surface area contributed by atoms with Gasteiger partial charge in [0.2, 0.25) is 5.91 Å². The second-order valence-corrected chi connectivity index (χ2v) is 3.91. The number of benzene rings is 1. The van der Waals surface area contributed by atoms with Crippen molar-refractivity contribution in [1.82, 2.24) is 0 Å². The van der Waals surface area contributed by atoms with Crippen molar-refractivity contribution in [3.63, 3.8) is 0 Å². The van der Waals surface area contributed by atoms with E-state index in [1.165, 1.54) is 6.92 Å². The quantitative estimate of drug-likeness (QED) is 0.828. The molecule has 1 aliphatic rings. The molecule has 2 unspecified atom stereocenters. The van der Waals surface area contributed by atoms with Crippen molar-refractivity contribution in [1.29, 1.82) is 0 Å². The van der Waals surface area contributed by atoms with Crippen LogP contribution in [0.2, 0.25) is 0 Å². The van der Waals surface area contributed by atoms with Crippen LogP contribution >= 0.6 is 0 Å². The zero-order valence-corrected chi connectivity index (χ0v) is 8.83. The molecule has 0 aromatic heterocycles. The van der Waals surface area contributed by atoms with E-state index in [-0.39, 0.29) is 11.3 Å². The van der Waals surface area contributed by atoms with Gasteiger partial charge in [-0.05, 0) is 12.1 Å². The first-order valence-corrected chi connectivity index (χ1v) is 4.95. The number of nitrogens with one attached hydrogen (secondary N) is 1. The Balaban J connectivity index is 2.57. The van der Waals surface area contributed by atoms with Gasteiger partial charge in [-0.25, -0.2) is 8.78 Å². The Morgan fingerprint density at radius 1 is 1.41 bits per heavy atom. The Morgan fingerprint density at radius 3 is 2.59 bits per heavy atom. The minimum Gasteiger partial charge on any atom is -0.481 e. The molecule has 4 nitrogen and oxygen atoms in total. The summed E-state index contributed by atoms with van der Waals surface area (Å²) in [6.07, 6.45) is 0. The Labute approximate surface area is 95.2 Å². The molecule has 0 saturated carbocycles. The number of carbonyl (C=O) groups excluding carboxylic acids is 1. The molecule has 1 amide bonds. The van der Waals surface area contributed by atoms with Crippen LogP contribution in [0.1, 0.15) is 18.4 Å². The summed E-state index contributed by atoms with van der Waals surface area (Å²) in [6, 6.07) is 1.78. The van der Waals surface area contributed by atoms with E-state index in [9.17, 15) is 18.4 Å². The van der Waals surface area contributed by atoms with E-state index in [4.69, 9.17) is 5.11 Å². The first-order chi connectivity index (χ1) is 7.93. The van der Waals surface area contributed by atoms with Crippen LogP contribution in [-0.2, 0) is 9.59 Å². The second-order valence-electron chi connectivity index (χ2n) is 3.91. The van der Waals surface area contributed by atoms with Crippen LogP contribution in [0, 0.1) is 17.6 Å². The number of carboxylic acids is 1. The minimum atomic E-state index is -1.23. The third kappa shape index (κ3) is 1.65. The largest absolute Gasteiger partial charge is 0.481 e. The molecule has 1 aromatic carbocycles. The van der Waals surface area contributed by atoms with Crippen molar-refractivity contribution in [2.45, 2.75) is 12.8 Å². The van der Waals surface area contributed by atoms with E-state index in [0.717, 1.165) is 12.1 Å². The highest BCUT2D eigenvalue weighted by Gasteiger charge is 2.41. The van der Waals surface area contributed by atoms with Crippen LogP contribution in [0.4, 0.5) is 14.5 Å². The topological polar surface area (TPSA) is 66.4 Å². The third-order valence-electron chi connectivity index (χ3n) is 2.87. The highest BCUT2D eigenvalue weighted by atomic mass is 19.1. The van der Waals surface area contributed by atoms with E-state index >= 15 is 0 Å². The Bertz CT molecular complexity index is 516. The molecular formula is C11H9F2NO3. The molecule has 0 saturated heterocycles. The smallest absolute Gasteiger partial charge is 0.307 e. The van der Waals surface area contributed by atoms with E-state index < -0.39 is 35.3 Å². The predicted molar refractivity (Wildman–Crippen MR) is 54.5 cm³/mol. The third-order valence-corrected chi connectivity index (χ3v) is 2.87. The summed E-state index contributed by atoms with van der Waals surface area (Å²) in [4.78, 5) is 22.4. The predicted octanol–water partition coefficient (Wildman–Crippen LogP) is 1.72. The number of anilines is 1. The number of aliphatic carboxylic acids is 1. The minimum absolute atomic E-state index is 0.204. The Morgan fingerprint density at radius 2 is 2.00 bits per heavy atom. The average Bonchev–Trinajstić information content (AvgIpc) is 2.61. The number of hydrogen-bond donors (Lipinski definition) is 2. The van der Waals surface area contributed by atoms with E-state index in [2.05, 4.69) is 5.32 Å². The summed E-state index contributed by atoms with van der Waals surface area (Å²) in [5, 5.41) is 11.0. The van der Waals surface area contributed by atoms with Crippen LogP contribution in [0.15, 0.2) is 12.1 Å². The van der Waals surface area contributed by atoms with Crippen molar-refractivity contribution in [2.75, 3.05) is 5.32 Å². The molecule has 1 aliphatic heterocycles. The fourth-order valence-electron chi connectivity index (χ4n) is 1.95. The molecule has 2 atom stereocenters. The van der Waals surface area contributed by atoms with Gasteiger partial charge in [-0.3, -0.25) is 9.59 Å². The second kappa shape index (κ2) is 3.80. The zero-order valence-electron chi connectivity index (χ0n) is 8.83. The molecule has 2 rings (SSSR count). The van der Waals surface area contributed by atoms with Crippen molar-refractivity contribution >= 4 is 17.6 Å². The summed E-state index contributed by atoms with van der Waals surface area (Å²) in [5.74, 6) is -5.79. The molecule has 1 aromatic rings. The average molecular weight is 241 g/mol. The van der Waals surface area contributed by atoms with Crippen molar-refractivity contribution in [3.8, 4) is 0 Å². The van der Waals surface area contributed by atoms with Crippen LogP contribution in [0.3, 0.4) is 0 Å². The molecule has 0 fully saturated rings. The SMILES string of the molecule is CC(C(=O)O)C1C(=O)Nc2c(F)ccc(F)c21. The van der Waals surface area contributed by atoms with Gasteiger partial charge in [0.1, 0.15) is 11.6 Å². The number of amides is 1. The monoisotopic (exact) mass is 241 g/mol. The maximum absolute atomic E-state index is 13.6. The van der Waals surface area contributed by atoms with Crippen molar-refractivity contribution < 1.29 is 23.5 Å². The lowest BCUT2D eigenvalue weighted by atomic mass is 9.88. The molecule has 0 bridgehead atoms. The maximum atomic E-state index is 13.6. The highest BCUT2D eigenvalue weighted by Crippen LogP contribution is 2.40. The molecule has 0 spiro atoms. The number of halogens is 2. The summed E-state index contributed by atoms with van der Waals surface area (Å²) >= 11 is 0. The number of carboxylic acid groups (broad SMARTS) is 1. The molecule has 0 radical (unpaired) electrons. The van der Waals surface area contributed by atoms with Gasteiger partial charge in [-0.15, -0.1) is 0 Å². The first-order valence-electron chi connectivity index (χ1n) is 4.95. The molecule has 1 heterocycles. The van der Waals surface area contributed by atoms with Gasteiger partial charge in [0, 0.05) is 5.56 Å². The fourth-order valence-corrected chi connectivity index (χ4v) is 1.95. The normalized spacial score (nSPS) is 19.7. The van der Waals surface area contributed by atoms with Crippen LogP contribution in [0.5, 0.6) is 0 Å². The molecular weight excluding hydrogens is 232 g/mol. The van der Waals surface area contributed by atoms with Gasteiger partial charge in [-0.1, -0.05) is 6.92 Å². The lowest BCUT2D eigenvalue weighted by molar-refractivity contribution is -0.143. The highest BCUT2D eigenvalue weighted by molar-refractivity contribution is 6.05. The lowest BCUT2D eigenvalue weighted by Crippen LogP contribution is -2.25. The summed E-state index contributed by atoms with van der Waals surface area (Å²) in [7, 11) is 0. The first kappa shape index (κ1) is 11.5. The number of fused-ring (bicyclic) bond motifs is 1. The Hall–Kier alpha value is -1.98. The molecule has 0 aliphatic carbocycles. The van der Waals surface area contributed by atoms with E-state index in [1.54, 1.807) is 0 Å². The van der Waals surface area contributed by atoms with Gasteiger partial charge in [0.05, 0.1) is 17.5 Å². The standard InChI is InChI=1S/C11H9F2NO3/c1-4(11(16)17)7-8-5(12)2-3-6(13)9(8)14-10(7)15/h2-4,7H,1H3,(H,14,15)(H,16,17). The zero-order chi connectivity index (χ0) is 12.7. The Kier molecular flexibility index (Phi) is 2.57. The maximum Gasteiger partial charge on any atom is 0.307 e. The van der Waals surface area contributed by atoms with Gasteiger partial charge >= 0.3 is 5.97 Å². The molecule has 90 valence electrons. The van der Waals surface area contributed by atoms with Crippen LogP contribution < -0.4 is 5.32 Å². The number of hydrogen-bond acceptors (Lipinski definition) is 2. The fraction of sp³-hybridized carbons (Fsp3) is 0.273. The van der Waals surface area contributed by atoms with Crippen LogP contribution in [0.25, 0.3) is 0 Å². The van der Waals surface area contributed by atoms with Crippen molar-refractivity contribution in [3.05, 3.63) is 29.3 Å². The molecule has 6 heteroatoms. The van der Waals surface area contributed by atoms with Crippen molar-refractivity contribution in [2.24, 2.45) is 5.92 Å². The number of rotatable bonds is 2. The van der Waals surface area contributed by atoms with E-state index in [0.29, 0.717) is 0 Å². The van der Waals surface area contributed by atoms with E-state index in [1.807, 2.05) is 0 Å². The van der Waals surface area contributed by atoms with Gasteiger partial charge in [0.25, 0.3) is 0 Å². The van der Waals surface area contributed by atoms with Crippen LogP contribution in [-0.4, -0.2) is 17.0 Å². The summed E-state index contributed by atoms with van der Waals surface area (Å²) in [5.41, 5.74) is -0.460. The summed E-state index contributed by atoms with van der Waals surface area (Å²) < 4.78 is 26.9.